The molecule has 1 aliphatic heterocycles. The van der Waals surface area contributed by atoms with Crippen molar-refractivity contribution in [1.29, 1.82) is 0 Å². The summed E-state index contributed by atoms with van der Waals surface area (Å²) in [5.41, 5.74) is 0.552. The fraction of sp³-hybridized carbons (Fsp3) is 0.174. The number of carbonyl (C=O) groups is 5. The molecule has 11 nitrogen and oxygen atoms in total. The van der Waals surface area contributed by atoms with E-state index >= 15 is 0 Å². The molecular weight excluding hydrogens is 516 g/mol. The average Bonchev–Trinajstić information content (AvgIpc) is 3.10. The SMILES string of the molecule is COC(=O)c1cc(NC(=O)CN2C(=O)S/C(=C/c3cccc(OC)c3OCC(=O)O)C2=O)ccc1Cl. The zero-order chi connectivity index (χ0) is 26.4. The summed E-state index contributed by atoms with van der Waals surface area (Å²) in [5.74, 6) is -3.01. The van der Waals surface area contributed by atoms with E-state index < -0.39 is 42.1 Å². The number of esters is 1. The molecule has 1 aliphatic rings. The van der Waals surface area contributed by atoms with Gasteiger partial charge >= 0.3 is 11.9 Å². The van der Waals surface area contributed by atoms with Gasteiger partial charge in [-0.25, -0.2) is 9.59 Å². The molecule has 3 amide bonds. The Hall–Kier alpha value is -4.03. The zero-order valence-electron chi connectivity index (χ0n) is 18.9. The number of nitrogens with one attached hydrogen (secondary N) is 1. The van der Waals surface area contributed by atoms with E-state index in [1.807, 2.05) is 0 Å². The highest BCUT2D eigenvalue weighted by Gasteiger charge is 2.36. The van der Waals surface area contributed by atoms with Gasteiger partial charge < -0.3 is 24.6 Å². The lowest BCUT2D eigenvalue weighted by atomic mass is 10.1. The van der Waals surface area contributed by atoms with Crippen LogP contribution in [-0.2, 0) is 19.1 Å². The van der Waals surface area contributed by atoms with Crippen LogP contribution in [0.15, 0.2) is 41.3 Å². The first kappa shape index (κ1) is 26.6. The lowest BCUT2D eigenvalue weighted by Crippen LogP contribution is -2.36. The Labute approximate surface area is 213 Å². The van der Waals surface area contributed by atoms with E-state index in [1.165, 1.54) is 38.5 Å². The number of nitrogens with zero attached hydrogens (tertiary/aromatic N) is 1. The number of anilines is 1. The number of benzene rings is 2. The lowest BCUT2D eigenvalue weighted by Gasteiger charge is -2.13. The summed E-state index contributed by atoms with van der Waals surface area (Å²) in [4.78, 5) is 61.3. The molecule has 188 valence electrons. The first-order valence-corrected chi connectivity index (χ1v) is 11.3. The molecule has 0 saturated carbocycles. The Bertz CT molecular complexity index is 1280. The van der Waals surface area contributed by atoms with Gasteiger partial charge in [0.1, 0.15) is 6.54 Å². The number of aliphatic carboxylic acids is 1. The molecule has 36 heavy (non-hydrogen) atoms. The van der Waals surface area contributed by atoms with Gasteiger partial charge in [0, 0.05) is 11.3 Å². The minimum Gasteiger partial charge on any atom is -0.493 e. The van der Waals surface area contributed by atoms with Gasteiger partial charge in [0.15, 0.2) is 18.1 Å². The van der Waals surface area contributed by atoms with Crippen molar-refractivity contribution in [2.75, 3.05) is 32.7 Å². The Morgan fingerprint density at radius 1 is 1.17 bits per heavy atom. The molecule has 1 fully saturated rings. The van der Waals surface area contributed by atoms with E-state index in [0.717, 1.165) is 4.90 Å². The van der Waals surface area contributed by atoms with Gasteiger partial charge in [-0.2, -0.15) is 0 Å². The molecule has 2 aromatic rings. The molecule has 0 aliphatic carbocycles. The number of hydrogen-bond donors (Lipinski definition) is 2. The number of amides is 3. The van der Waals surface area contributed by atoms with Crippen LogP contribution < -0.4 is 14.8 Å². The van der Waals surface area contributed by atoms with Gasteiger partial charge in [-0.05, 0) is 42.1 Å². The van der Waals surface area contributed by atoms with Crippen molar-refractivity contribution in [3.8, 4) is 11.5 Å². The maximum absolute atomic E-state index is 12.9. The number of methoxy groups -OCH3 is 2. The largest absolute Gasteiger partial charge is 0.493 e. The van der Waals surface area contributed by atoms with Crippen molar-refractivity contribution in [3.05, 3.63) is 57.5 Å². The number of para-hydroxylation sites is 1. The van der Waals surface area contributed by atoms with E-state index in [4.69, 9.17) is 26.2 Å². The van der Waals surface area contributed by atoms with E-state index in [1.54, 1.807) is 18.2 Å². The van der Waals surface area contributed by atoms with Gasteiger partial charge in [-0.1, -0.05) is 23.7 Å². The number of carboxylic acids is 1. The number of halogens is 1. The van der Waals surface area contributed by atoms with E-state index in [-0.39, 0.29) is 32.7 Å². The predicted molar refractivity (Wildman–Crippen MR) is 130 cm³/mol. The molecule has 0 unspecified atom stereocenters. The van der Waals surface area contributed by atoms with E-state index in [2.05, 4.69) is 10.1 Å². The fourth-order valence-corrected chi connectivity index (χ4v) is 4.11. The van der Waals surface area contributed by atoms with Crippen LogP contribution in [0.5, 0.6) is 11.5 Å². The first-order valence-electron chi connectivity index (χ1n) is 10.1. The zero-order valence-corrected chi connectivity index (χ0v) is 20.5. The minimum absolute atomic E-state index is 0.000647. The fourth-order valence-electron chi connectivity index (χ4n) is 3.09. The molecule has 13 heteroatoms. The second kappa shape index (κ2) is 11.6. The standard InChI is InChI=1S/C23H19ClN2O9S/c1-33-16-5-3-4-12(20(16)35-11-19(28)29)8-17-21(30)26(23(32)36-17)10-18(27)25-13-6-7-15(24)14(9-13)22(31)34-2/h3-9H,10-11H2,1-2H3,(H,25,27)(H,28,29)/b17-8+. The molecule has 0 radical (unpaired) electrons. The number of rotatable bonds is 9. The summed E-state index contributed by atoms with van der Waals surface area (Å²) in [7, 11) is 2.55. The Morgan fingerprint density at radius 2 is 1.92 bits per heavy atom. The maximum atomic E-state index is 12.9. The van der Waals surface area contributed by atoms with Gasteiger partial charge in [0.2, 0.25) is 5.91 Å². The highest BCUT2D eigenvalue weighted by Crippen LogP contribution is 2.37. The minimum atomic E-state index is -1.21. The Kier molecular flexibility index (Phi) is 8.56. The number of thioether (sulfide) groups is 1. The Balaban J connectivity index is 1.77. The highest BCUT2D eigenvalue weighted by atomic mass is 35.5. The molecule has 0 atom stereocenters. The molecule has 2 aromatic carbocycles. The van der Waals surface area contributed by atoms with Gasteiger partial charge in [-0.15, -0.1) is 0 Å². The number of carbonyl (C=O) groups excluding carboxylic acids is 4. The van der Waals surface area contributed by atoms with Crippen molar-refractivity contribution in [3.63, 3.8) is 0 Å². The van der Waals surface area contributed by atoms with Crippen LogP contribution in [0.25, 0.3) is 6.08 Å². The van der Waals surface area contributed by atoms with Crippen LogP contribution in [0.4, 0.5) is 10.5 Å². The van der Waals surface area contributed by atoms with Gasteiger partial charge in [0.05, 0.1) is 29.7 Å². The molecule has 0 bridgehead atoms. The van der Waals surface area contributed by atoms with Crippen molar-refractivity contribution in [2.45, 2.75) is 0 Å². The lowest BCUT2D eigenvalue weighted by molar-refractivity contribution is -0.139. The molecule has 3 rings (SSSR count). The Morgan fingerprint density at radius 3 is 2.58 bits per heavy atom. The highest BCUT2D eigenvalue weighted by molar-refractivity contribution is 8.18. The average molecular weight is 535 g/mol. The normalized spacial score (nSPS) is 14.1. The van der Waals surface area contributed by atoms with Crippen molar-refractivity contribution in [2.24, 2.45) is 0 Å². The third-order valence-electron chi connectivity index (χ3n) is 4.69. The van der Waals surface area contributed by atoms with E-state index in [0.29, 0.717) is 17.3 Å². The predicted octanol–water partition coefficient (Wildman–Crippen LogP) is 3.27. The number of carboxylic acid groups (broad SMARTS) is 1. The van der Waals surface area contributed by atoms with E-state index in [9.17, 15) is 24.0 Å². The second-order valence-electron chi connectivity index (χ2n) is 7.06. The third-order valence-corrected chi connectivity index (χ3v) is 5.92. The summed E-state index contributed by atoms with van der Waals surface area (Å²) >= 11 is 6.57. The van der Waals surface area contributed by atoms with Crippen LogP contribution in [0, 0.1) is 0 Å². The summed E-state index contributed by atoms with van der Waals surface area (Å²) in [6.45, 7) is -1.23. The second-order valence-corrected chi connectivity index (χ2v) is 8.46. The van der Waals surface area contributed by atoms with Crippen LogP contribution in [0.1, 0.15) is 15.9 Å². The maximum Gasteiger partial charge on any atom is 0.341 e. The summed E-state index contributed by atoms with van der Waals surface area (Å²) in [6.07, 6.45) is 1.35. The number of hydrogen-bond acceptors (Lipinski definition) is 9. The van der Waals surface area contributed by atoms with Gasteiger partial charge in [0.25, 0.3) is 11.1 Å². The van der Waals surface area contributed by atoms with Crippen molar-refractivity contribution >= 4 is 64.1 Å². The van der Waals surface area contributed by atoms with Crippen LogP contribution >= 0.6 is 23.4 Å². The van der Waals surface area contributed by atoms with Crippen LogP contribution in [0.2, 0.25) is 5.02 Å². The first-order chi connectivity index (χ1) is 17.1. The molecule has 1 saturated heterocycles. The molecule has 0 spiro atoms. The van der Waals surface area contributed by atoms with Gasteiger partial charge in [-0.3, -0.25) is 19.3 Å². The third kappa shape index (κ3) is 6.15. The van der Waals surface area contributed by atoms with Crippen molar-refractivity contribution in [1.82, 2.24) is 4.90 Å². The molecular formula is C23H19ClN2O9S. The summed E-state index contributed by atoms with van der Waals surface area (Å²) in [5, 5.41) is 10.9. The van der Waals surface area contributed by atoms with Crippen LogP contribution in [-0.4, -0.2) is 66.4 Å². The summed E-state index contributed by atoms with van der Waals surface area (Å²) in [6, 6.07) is 8.85. The number of ether oxygens (including phenoxy) is 3. The van der Waals surface area contributed by atoms with Crippen LogP contribution in [0.3, 0.4) is 0 Å². The number of imide groups is 1. The quantitative estimate of drug-likeness (QED) is 0.362. The molecule has 0 aromatic heterocycles. The molecule has 2 N–H and O–H groups in total. The monoisotopic (exact) mass is 534 g/mol. The van der Waals surface area contributed by atoms with Crippen molar-refractivity contribution < 1.29 is 43.3 Å². The summed E-state index contributed by atoms with van der Waals surface area (Å²) < 4.78 is 15.1. The topological polar surface area (TPSA) is 149 Å². The smallest absolute Gasteiger partial charge is 0.341 e. The molecule has 1 heterocycles.